The van der Waals surface area contributed by atoms with Crippen LogP contribution in [0.25, 0.3) is 22.2 Å². The first-order valence-corrected chi connectivity index (χ1v) is 14.5. The van der Waals surface area contributed by atoms with Crippen molar-refractivity contribution in [2.24, 2.45) is 0 Å². The highest BCUT2D eigenvalue weighted by Gasteiger charge is 2.45. The van der Waals surface area contributed by atoms with E-state index >= 15 is 4.39 Å². The fourth-order valence-corrected chi connectivity index (χ4v) is 7.99. The molecule has 0 radical (unpaired) electrons. The third-order valence-electron chi connectivity index (χ3n) is 9.84. The molecule has 4 saturated heterocycles. The molecular weight excluding hydrogens is 479 g/mol. The number of hydrogen-bond acceptors (Lipinski definition) is 7. The van der Waals surface area contributed by atoms with Crippen LogP contribution in [0.4, 0.5) is 10.2 Å². The molecule has 5 aliphatic rings. The maximum atomic E-state index is 16.4. The minimum absolute atomic E-state index is 0.0825. The van der Waals surface area contributed by atoms with E-state index in [1.807, 2.05) is 12.1 Å². The Morgan fingerprint density at radius 2 is 1.84 bits per heavy atom. The van der Waals surface area contributed by atoms with Crippen LogP contribution < -0.4 is 15.0 Å². The summed E-state index contributed by atoms with van der Waals surface area (Å²) in [4.78, 5) is 19.2. The molecule has 2 bridgehead atoms. The highest BCUT2D eigenvalue weighted by Crippen LogP contribution is 2.40. The van der Waals surface area contributed by atoms with E-state index < -0.39 is 0 Å². The SMILES string of the molecule is Fc1c(-c2cccc3c2CCC3)ncc2c(N3CC4CCC(C3)N4)nc(OCC34CCCN3CCC4)nc12. The van der Waals surface area contributed by atoms with Gasteiger partial charge in [0.25, 0.3) is 0 Å². The van der Waals surface area contributed by atoms with Gasteiger partial charge in [0.05, 0.1) is 10.9 Å². The lowest BCUT2D eigenvalue weighted by molar-refractivity contribution is 0.108. The van der Waals surface area contributed by atoms with Gasteiger partial charge < -0.3 is 15.0 Å². The second kappa shape index (κ2) is 8.85. The molecule has 3 aromatic rings. The fourth-order valence-electron chi connectivity index (χ4n) is 7.99. The number of piperazine rings is 1. The number of benzene rings is 1. The van der Waals surface area contributed by atoms with Gasteiger partial charge in [-0.15, -0.1) is 0 Å². The van der Waals surface area contributed by atoms with Crippen molar-refractivity contribution in [3.8, 4) is 17.3 Å². The molecule has 198 valence electrons. The molecule has 2 unspecified atom stereocenters. The Labute approximate surface area is 222 Å². The van der Waals surface area contributed by atoms with E-state index in [9.17, 15) is 0 Å². The molecule has 1 aliphatic carbocycles. The number of ether oxygens (including phenoxy) is 1. The molecule has 8 heteroatoms. The number of halogens is 1. The lowest BCUT2D eigenvalue weighted by atomic mass is 9.95. The van der Waals surface area contributed by atoms with Gasteiger partial charge in [-0.2, -0.15) is 9.97 Å². The molecule has 2 atom stereocenters. The van der Waals surface area contributed by atoms with Crippen LogP contribution in [0, 0.1) is 5.82 Å². The first-order chi connectivity index (χ1) is 18.7. The molecule has 8 rings (SSSR count). The number of anilines is 1. The summed E-state index contributed by atoms with van der Waals surface area (Å²) >= 11 is 0. The second-order valence-corrected chi connectivity index (χ2v) is 12.1. The number of nitrogens with zero attached hydrogens (tertiary/aromatic N) is 5. The molecule has 7 nitrogen and oxygen atoms in total. The van der Waals surface area contributed by atoms with E-state index in [1.165, 1.54) is 36.8 Å². The maximum absolute atomic E-state index is 16.4. The van der Waals surface area contributed by atoms with Crippen LogP contribution >= 0.6 is 0 Å². The smallest absolute Gasteiger partial charge is 0.319 e. The topological polar surface area (TPSA) is 66.4 Å². The molecule has 6 heterocycles. The molecule has 0 amide bonds. The van der Waals surface area contributed by atoms with Crippen molar-refractivity contribution in [2.45, 2.75) is 75.4 Å². The zero-order valence-electron chi connectivity index (χ0n) is 21.9. The number of nitrogens with one attached hydrogen (secondary N) is 1. The predicted molar refractivity (Wildman–Crippen MR) is 145 cm³/mol. The molecule has 1 N–H and O–H groups in total. The standard InChI is InChI=1S/C30H35FN6O/c31-25-26(23-8-2-6-19-5-1-7-22(19)23)32-15-24-27(25)34-29(38-18-30-11-3-13-37(30)14-4-12-30)35-28(24)36-16-20-9-10-21(17-36)33-20/h2,6,8,15,20-21,33H,1,3-5,7,9-14,16-18H2. The molecule has 4 fully saturated rings. The van der Waals surface area contributed by atoms with E-state index in [2.05, 4.69) is 21.2 Å². The van der Waals surface area contributed by atoms with Crippen LogP contribution in [0.3, 0.4) is 0 Å². The molecule has 38 heavy (non-hydrogen) atoms. The first kappa shape index (κ1) is 23.1. The van der Waals surface area contributed by atoms with E-state index in [0.717, 1.165) is 69.7 Å². The monoisotopic (exact) mass is 514 g/mol. The van der Waals surface area contributed by atoms with Gasteiger partial charge >= 0.3 is 6.01 Å². The second-order valence-electron chi connectivity index (χ2n) is 12.1. The predicted octanol–water partition coefficient (Wildman–Crippen LogP) is 4.27. The summed E-state index contributed by atoms with van der Waals surface area (Å²) in [5, 5.41) is 4.37. The van der Waals surface area contributed by atoms with Crippen LogP contribution in [-0.2, 0) is 12.8 Å². The molecule has 2 aromatic heterocycles. The van der Waals surface area contributed by atoms with Crippen LogP contribution in [-0.4, -0.2) is 70.3 Å². The molecule has 0 saturated carbocycles. The van der Waals surface area contributed by atoms with Crippen LogP contribution in [0.5, 0.6) is 6.01 Å². The van der Waals surface area contributed by atoms with Gasteiger partial charge in [0.15, 0.2) is 5.82 Å². The first-order valence-electron chi connectivity index (χ1n) is 14.5. The summed E-state index contributed by atoms with van der Waals surface area (Å²) in [6.45, 7) is 4.56. The summed E-state index contributed by atoms with van der Waals surface area (Å²) in [5.41, 5.74) is 4.23. The van der Waals surface area contributed by atoms with Crippen molar-refractivity contribution in [3.05, 3.63) is 41.3 Å². The highest BCUT2D eigenvalue weighted by atomic mass is 19.1. The van der Waals surface area contributed by atoms with E-state index in [4.69, 9.17) is 19.7 Å². The minimum atomic E-state index is -0.365. The lowest BCUT2D eigenvalue weighted by Crippen LogP contribution is -2.51. The van der Waals surface area contributed by atoms with Crippen molar-refractivity contribution in [1.29, 1.82) is 0 Å². The van der Waals surface area contributed by atoms with Crippen LogP contribution in [0.15, 0.2) is 24.4 Å². The van der Waals surface area contributed by atoms with E-state index in [1.54, 1.807) is 6.20 Å². The van der Waals surface area contributed by atoms with Gasteiger partial charge in [0.1, 0.15) is 23.6 Å². The molecule has 1 aromatic carbocycles. The van der Waals surface area contributed by atoms with Gasteiger partial charge in [-0.25, -0.2) is 4.39 Å². The van der Waals surface area contributed by atoms with Crippen molar-refractivity contribution >= 4 is 16.7 Å². The van der Waals surface area contributed by atoms with Gasteiger partial charge in [0.2, 0.25) is 0 Å². The Bertz CT molecular complexity index is 1390. The van der Waals surface area contributed by atoms with Gasteiger partial charge in [-0.05, 0) is 82.0 Å². The van der Waals surface area contributed by atoms with Gasteiger partial charge in [-0.3, -0.25) is 9.88 Å². The summed E-state index contributed by atoms with van der Waals surface area (Å²) in [5.74, 6) is 0.391. The normalized spacial score (nSPS) is 25.8. The Hall–Kier alpha value is -2.84. The van der Waals surface area contributed by atoms with Crippen molar-refractivity contribution < 1.29 is 9.13 Å². The Balaban J connectivity index is 1.22. The summed E-state index contributed by atoms with van der Waals surface area (Å²) < 4.78 is 22.8. The number of fused-ring (bicyclic) bond motifs is 5. The molecule has 0 spiro atoms. The Morgan fingerprint density at radius 3 is 2.66 bits per heavy atom. The third kappa shape index (κ3) is 3.63. The lowest BCUT2D eigenvalue weighted by Gasteiger charge is -2.34. The number of aromatic nitrogens is 3. The zero-order valence-corrected chi connectivity index (χ0v) is 21.9. The van der Waals surface area contributed by atoms with Crippen LogP contribution in [0.1, 0.15) is 56.1 Å². The summed E-state index contributed by atoms with van der Waals surface area (Å²) in [7, 11) is 0. The number of aryl methyl sites for hydroxylation is 1. The Morgan fingerprint density at radius 1 is 1.03 bits per heavy atom. The van der Waals surface area contributed by atoms with Crippen molar-refractivity contribution in [2.75, 3.05) is 37.7 Å². The number of pyridine rings is 1. The van der Waals surface area contributed by atoms with E-state index in [0.29, 0.717) is 41.3 Å². The fraction of sp³-hybridized carbons (Fsp3) is 0.567. The number of hydrogen-bond donors (Lipinski definition) is 1. The van der Waals surface area contributed by atoms with Gasteiger partial charge in [0, 0.05) is 36.9 Å². The maximum Gasteiger partial charge on any atom is 0.319 e. The highest BCUT2D eigenvalue weighted by molar-refractivity contribution is 5.92. The zero-order chi connectivity index (χ0) is 25.3. The quantitative estimate of drug-likeness (QED) is 0.546. The summed E-state index contributed by atoms with van der Waals surface area (Å²) in [6.07, 6.45) is 12.0. The third-order valence-corrected chi connectivity index (χ3v) is 9.84. The van der Waals surface area contributed by atoms with Crippen LogP contribution in [0.2, 0.25) is 0 Å². The molecule has 4 aliphatic heterocycles. The van der Waals surface area contributed by atoms with Crippen molar-refractivity contribution in [1.82, 2.24) is 25.2 Å². The largest absolute Gasteiger partial charge is 0.461 e. The number of rotatable bonds is 5. The average molecular weight is 515 g/mol. The van der Waals surface area contributed by atoms with Gasteiger partial charge in [-0.1, -0.05) is 18.2 Å². The molecular formula is C30H35FN6O. The minimum Gasteiger partial charge on any atom is -0.461 e. The van der Waals surface area contributed by atoms with Crippen molar-refractivity contribution in [3.63, 3.8) is 0 Å². The Kier molecular flexibility index (Phi) is 5.37. The van der Waals surface area contributed by atoms with E-state index in [-0.39, 0.29) is 11.4 Å². The summed E-state index contributed by atoms with van der Waals surface area (Å²) in [6, 6.07) is 7.36. The average Bonchev–Trinajstić information content (AvgIpc) is 3.71.